The molecule has 74 valence electrons. The van der Waals surface area contributed by atoms with Gasteiger partial charge in [0.05, 0.1) is 5.57 Å². The van der Waals surface area contributed by atoms with Crippen LogP contribution in [0.15, 0.2) is 34.7 Å². The molecule has 0 spiro atoms. The van der Waals surface area contributed by atoms with Gasteiger partial charge in [-0.25, -0.2) is 4.79 Å². The molecule has 0 atom stereocenters. The average molecular weight is 218 g/mol. The summed E-state index contributed by atoms with van der Waals surface area (Å²) in [6.45, 7) is 0. The minimum Gasteiger partial charge on any atom is -0.419 e. The fraction of sp³-hybridized carbons (Fsp3) is 0.0909. The predicted octanol–water partition coefficient (Wildman–Crippen LogP) is 1.63. The number of ketones is 1. The third-order valence-corrected chi connectivity index (χ3v) is 3.53. The lowest BCUT2D eigenvalue weighted by molar-refractivity contribution is -0.144. The molecule has 3 rings (SSSR count). The number of fused-ring (bicyclic) bond motifs is 2. The first-order chi connectivity index (χ1) is 7.27. The molecule has 4 heteroatoms. The molecule has 2 aliphatic rings. The zero-order valence-electron chi connectivity index (χ0n) is 7.65. The van der Waals surface area contributed by atoms with Gasteiger partial charge in [0.1, 0.15) is 5.76 Å². The number of carbonyl (C=O) groups is 2. The minimum atomic E-state index is -0.752. The molecule has 1 aromatic rings. The predicted molar refractivity (Wildman–Crippen MR) is 55.2 cm³/mol. The SMILES string of the molecule is O=C1OC2=C(CSc3ccccc32)C1=O. The fourth-order valence-corrected chi connectivity index (χ4v) is 2.76. The van der Waals surface area contributed by atoms with Crippen LogP contribution >= 0.6 is 11.8 Å². The van der Waals surface area contributed by atoms with E-state index in [4.69, 9.17) is 4.74 Å². The normalized spacial score (nSPS) is 18.7. The Morgan fingerprint density at radius 2 is 2.00 bits per heavy atom. The lowest BCUT2D eigenvalue weighted by atomic mass is 10.1. The number of carbonyl (C=O) groups excluding carboxylic acids is 2. The van der Waals surface area contributed by atoms with Crippen molar-refractivity contribution in [3.05, 3.63) is 35.4 Å². The molecular formula is C11H6O3S. The summed E-state index contributed by atoms with van der Waals surface area (Å²) in [7, 11) is 0. The van der Waals surface area contributed by atoms with Crippen LogP contribution in [0.3, 0.4) is 0 Å². The van der Waals surface area contributed by atoms with Gasteiger partial charge < -0.3 is 4.74 Å². The smallest absolute Gasteiger partial charge is 0.384 e. The number of thioether (sulfide) groups is 1. The van der Waals surface area contributed by atoms with Crippen molar-refractivity contribution in [2.45, 2.75) is 4.90 Å². The first-order valence-corrected chi connectivity index (χ1v) is 5.48. The largest absolute Gasteiger partial charge is 0.419 e. The van der Waals surface area contributed by atoms with Gasteiger partial charge in [0, 0.05) is 16.2 Å². The summed E-state index contributed by atoms with van der Waals surface area (Å²) in [4.78, 5) is 23.6. The summed E-state index contributed by atoms with van der Waals surface area (Å²) in [5, 5.41) is 0. The Kier molecular flexibility index (Phi) is 1.73. The molecule has 2 aliphatic heterocycles. The molecule has 0 N–H and O–H groups in total. The van der Waals surface area contributed by atoms with E-state index in [1.165, 1.54) is 0 Å². The van der Waals surface area contributed by atoms with E-state index >= 15 is 0 Å². The van der Waals surface area contributed by atoms with E-state index in [1.807, 2.05) is 24.3 Å². The maximum absolute atomic E-state index is 11.4. The van der Waals surface area contributed by atoms with E-state index in [-0.39, 0.29) is 0 Å². The second-order valence-electron chi connectivity index (χ2n) is 3.31. The highest BCUT2D eigenvalue weighted by atomic mass is 32.2. The molecular weight excluding hydrogens is 212 g/mol. The number of hydrogen-bond acceptors (Lipinski definition) is 4. The standard InChI is InChI=1S/C11H6O3S/c12-9-7-5-15-8-4-2-1-3-6(8)10(7)14-11(9)13/h1-4H,5H2. The van der Waals surface area contributed by atoms with Crippen molar-refractivity contribution in [2.75, 3.05) is 5.75 Å². The van der Waals surface area contributed by atoms with Gasteiger partial charge in [0.15, 0.2) is 0 Å². The van der Waals surface area contributed by atoms with Crippen LogP contribution in [-0.4, -0.2) is 17.5 Å². The van der Waals surface area contributed by atoms with Gasteiger partial charge in [-0.05, 0) is 6.07 Å². The number of Topliss-reactive ketones (excluding diaryl/α,β-unsaturated/α-hetero) is 1. The van der Waals surface area contributed by atoms with Gasteiger partial charge in [0.2, 0.25) is 0 Å². The van der Waals surface area contributed by atoms with Crippen LogP contribution in [0.2, 0.25) is 0 Å². The molecule has 0 saturated carbocycles. The molecule has 0 fully saturated rings. The van der Waals surface area contributed by atoms with Gasteiger partial charge in [0.25, 0.3) is 5.78 Å². The van der Waals surface area contributed by atoms with Crippen LogP contribution in [0, 0.1) is 0 Å². The first kappa shape index (κ1) is 8.73. The van der Waals surface area contributed by atoms with Crippen LogP contribution in [0.1, 0.15) is 5.56 Å². The zero-order valence-corrected chi connectivity index (χ0v) is 8.47. The highest BCUT2D eigenvalue weighted by Gasteiger charge is 2.37. The van der Waals surface area contributed by atoms with Gasteiger partial charge in [-0.1, -0.05) is 18.2 Å². The Bertz CT molecular complexity index is 516. The zero-order chi connectivity index (χ0) is 10.4. The molecule has 15 heavy (non-hydrogen) atoms. The average Bonchev–Trinajstić information content (AvgIpc) is 2.56. The van der Waals surface area contributed by atoms with Crippen molar-refractivity contribution in [2.24, 2.45) is 0 Å². The Balaban J connectivity index is 2.21. The van der Waals surface area contributed by atoms with E-state index in [0.29, 0.717) is 17.1 Å². The molecule has 1 aromatic carbocycles. The van der Waals surface area contributed by atoms with Crippen LogP contribution in [0.4, 0.5) is 0 Å². The van der Waals surface area contributed by atoms with Crippen LogP contribution in [0.5, 0.6) is 0 Å². The molecule has 3 nitrogen and oxygen atoms in total. The molecule has 0 saturated heterocycles. The lowest BCUT2D eigenvalue weighted by Gasteiger charge is -2.14. The van der Waals surface area contributed by atoms with E-state index in [9.17, 15) is 9.59 Å². The summed E-state index contributed by atoms with van der Waals surface area (Å²) in [5.41, 5.74) is 1.35. The quantitative estimate of drug-likeness (QED) is 0.490. The van der Waals surface area contributed by atoms with Crippen LogP contribution in [-0.2, 0) is 14.3 Å². The van der Waals surface area contributed by atoms with Crippen LogP contribution in [0.25, 0.3) is 5.76 Å². The molecule has 0 radical (unpaired) electrons. The molecule has 0 amide bonds. The van der Waals surface area contributed by atoms with Crippen molar-refractivity contribution in [3.63, 3.8) is 0 Å². The van der Waals surface area contributed by atoms with E-state index in [0.717, 1.165) is 10.5 Å². The van der Waals surface area contributed by atoms with Crippen molar-refractivity contribution in [1.82, 2.24) is 0 Å². The summed E-state index contributed by atoms with van der Waals surface area (Å²) in [5.74, 6) is -0.264. The minimum absolute atomic E-state index is 0.458. The second-order valence-corrected chi connectivity index (χ2v) is 4.33. The summed E-state index contributed by atoms with van der Waals surface area (Å²) in [6.07, 6.45) is 0. The van der Waals surface area contributed by atoms with E-state index in [1.54, 1.807) is 11.8 Å². The number of rotatable bonds is 0. The second kappa shape index (κ2) is 2.97. The highest BCUT2D eigenvalue weighted by molar-refractivity contribution is 7.99. The third kappa shape index (κ3) is 1.15. The van der Waals surface area contributed by atoms with Crippen molar-refractivity contribution >= 4 is 29.3 Å². The number of ether oxygens (including phenoxy) is 1. The Labute approximate surface area is 90.1 Å². The molecule has 0 aliphatic carbocycles. The molecule has 0 aromatic heterocycles. The van der Waals surface area contributed by atoms with Crippen molar-refractivity contribution < 1.29 is 14.3 Å². The van der Waals surface area contributed by atoms with Gasteiger partial charge in [-0.15, -0.1) is 11.8 Å². The molecule has 0 bridgehead atoms. The first-order valence-electron chi connectivity index (χ1n) is 4.49. The number of hydrogen-bond donors (Lipinski definition) is 0. The third-order valence-electron chi connectivity index (χ3n) is 2.43. The van der Waals surface area contributed by atoms with Gasteiger partial charge in [-0.2, -0.15) is 0 Å². The van der Waals surface area contributed by atoms with E-state index < -0.39 is 11.8 Å². The van der Waals surface area contributed by atoms with Gasteiger partial charge >= 0.3 is 5.97 Å². The number of benzene rings is 1. The van der Waals surface area contributed by atoms with Crippen molar-refractivity contribution in [3.8, 4) is 0 Å². The fourth-order valence-electron chi connectivity index (χ4n) is 1.71. The van der Waals surface area contributed by atoms with Crippen LogP contribution < -0.4 is 0 Å². The molecule has 2 heterocycles. The Hall–Kier alpha value is -1.55. The number of esters is 1. The van der Waals surface area contributed by atoms with E-state index in [2.05, 4.69) is 0 Å². The van der Waals surface area contributed by atoms with Gasteiger partial charge in [-0.3, -0.25) is 4.79 Å². The highest BCUT2D eigenvalue weighted by Crippen LogP contribution is 2.40. The maximum atomic E-state index is 11.4. The summed E-state index contributed by atoms with van der Waals surface area (Å²) in [6, 6.07) is 7.62. The Morgan fingerprint density at radius 3 is 2.87 bits per heavy atom. The summed E-state index contributed by atoms with van der Waals surface area (Å²) < 4.78 is 4.98. The maximum Gasteiger partial charge on any atom is 0.384 e. The van der Waals surface area contributed by atoms with Crippen molar-refractivity contribution in [1.29, 1.82) is 0 Å². The lowest BCUT2D eigenvalue weighted by Crippen LogP contribution is -2.10. The Morgan fingerprint density at radius 1 is 1.20 bits per heavy atom. The monoisotopic (exact) mass is 218 g/mol. The topological polar surface area (TPSA) is 43.4 Å². The summed E-state index contributed by atoms with van der Waals surface area (Å²) >= 11 is 1.56. The molecule has 0 unspecified atom stereocenters.